The minimum Gasteiger partial charge on any atom is -0.447 e. The number of carbonyl (C=O) groups is 1. The van der Waals surface area contributed by atoms with Crippen LogP contribution in [-0.4, -0.2) is 54.5 Å². The normalized spacial score (nSPS) is 22.8. The molecule has 1 atom stereocenters. The predicted octanol–water partition coefficient (Wildman–Crippen LogP) is 2.38. The number of hydrogen-bond acceptors (Lipinski definition) is 6. The van der Waals surface area contributed by atoms with Gasteiger partial charge in [0.2, 0.25) is 0 Å². The van der Waals surface area contributed by atoms with E-state index in [0.717, 1.165) is 51.2 Å². The third-order valence-corrected chi connectivity index (χ3v) is 5.14. The number of piperidine rings is 1. The Morgan fingerprint density at radius 3 is 2.80 bits per heavy atom. The molecule has 1 aromatic rings. The molecule has 1 amide bonds. The molecule has 1 spiro atoms. The fourth-order valence-electron chi connectivity index (χ4n) is 3.59. The van der Waals surface area contributed by atoms with E-state index >= 15 is 0 Å². The van der Waals surface area contributed by atoms with E-state index in [0.29, 0.717) is 6.54 Å². The highest BCUT2D eigenvalue weighted by Gasteiger charge is 2.39. The molecule has 1 aromatic heterocycles. The summed E-state index contributed by atoms with van der Waals surface area (Å²) in [6.07, 6.45) is 9.24. The van der Waals surface area contributed by atoms with Gasteiger partial charge < -0.3 is 19.7 Å². The van der Waals surface area contributed by atoms with Crippen LogP contribution in [0.4, 0.5) is 10.6 Å². The number of rotatable bonds is 4. The van der Waals surface area contributed by atoms with Crippen LogP contribution < -0.4 is 10.2 Å². The molecule has 7 nitrogen and oxygen atoms in total. The van der Waals surface area contributed by atoms with Crippen LogP contribution in [0, 0.1) is 5.41 Å². The Morgan fingerprint density at radius 1 is 1.40 bits per heavy atom. The lowest BCUT2D eigenvalue weighted by Gasteiger charge is -2.45. The molecule has 3 rings (SSSR count). The smallest absolute Gasteiger partial charge is 0.407 e. The molecule has 3 heterocycles. The van der Waals surface area contributed by atoms with E-state index in [1.54, 1.807) is 12.4 Å². The Hall–Kier alpha value is -1.89. The number of hydrogen-bond donors (Lipinski definition) is 1. The highest BCUT2D eigenvalue weighted by Crippen LogP contribution is 2.41. The van der Waals surface area contributed by atoms with Gasteiger partial charge in [-0.05, 0) is 44.9 Å². The zero-order chi connectivity index (χ0) is 17.7. The summed E-state index contributed by atoms with van der Waals surface area (Å²) in [4.78, 5) is 22.4. The summed E-state index contributed by atoms with van der Waals surface area (Å²) in [7, 11) is 0. The maximum absolute atomic E-state index is 11.6. The van der Waals surface area contributed by atoms with Crippen molar-refractivity contribution in [3.8, 4) is 0 Å². The van der Waals surface area contributed by atoms with Crippen LogP contribution in [0.1, 0.15) is 39.5 Å². The molecule has 2 fully saturated rings. The maximum atomic E-state index is 11.6. The third kappa shape index (κ3) is 4.81. The summed E-state index contributed by atoms with van der Waals surface area (Å²) in [6, 6.07) is 0. The quantitative estimate of drug-likeness (QED) is 0.900. The van der Waals surface area contributed by atoms with E-state index < -0.39 is 0 Å². The topological polar surface area (TPSA) is 76.6 Å². The number of aromatic nitrogens is 2. The van der Waals surface area contributed by atoms with Gasteiger partial charge in [-0.2, -0.15) is 0 Å². The minimum absolute atomic E-state index is 0.0864. The number of amides is 1. The first-order valence-corrected chi connectivity index (χ1v) is 9.13. The number of nitrogens with zero attached hydrogens (tertiary/aromatic N) is 3. The van der Waals surface area contributed by atoms with E-state index in [4.69, 9.17) is 9.47 Å². The van der Waals surface area contributed by atoms with Gasteiger partial charge in [-0.25, -0.2) is 9.78 Å². The van der Waals surface area contributed by atoms with Crippen molar-refractivity contribution >= 4 is 11.9 Å². The highest BCUT2D eigenvalue weighted by atomic mass is 16.6. The monoisotopic (exact) mass is 348 g/mol. The van der Waals surface area contributed by atoms with Crippen LogP contribution in [0.25, 0.3) is 0 Å². The van der Waals surface area contributed by atoms with E-state index in [1.807, 2.05) is 20.0 Å². The largest absolute Gasteiger partial charge is 0.447 e. The van der Waals surface area contributed by atoms with Gasteiger partial charge in [0.1, 0.15) is 5.82 Å². The molecule has 2 aliphatic rings. The second-order valence-corrected chi connectivity index (χ2v) is 7.36. The van der Waals surface area contributed by atoms with Crippen molar-refractivity contribution in [3.05, 3.63) is 18.6 Å². The Morgan fingerprint density at radius 2 is 2.20 bits per heavy atom. The fraction of sp³-hybridized carbons (Fsp3) is 0.722. The van der Waals surface area contributed by atoms with Gasteiger partial charge in [0.15, 0.2) is 0 Å². The summed E-state index contributed by atoms with van der Waals surface area (Å²) in [5.41, 5.74) is 0.271. The molecule has 0 aliphatic carbocycles. The zero-order valence-electron chi connectivity index (χ0n) is 15.1. The predicted molar refractivity (Wildman–Crippen MR) is 94.5 cm³/mol. The molecule has 0 radical (unpaired) electrons. The number of ether oxygens (including phenoxy) is 2. The molecule has 1 N–H and O–H groups in total. The van der Waals surface area contributed by atoms with Crippen LogP contribution in [0.3, 0.4) is 0 Å². The lowest BCUT2D eigenvalue weighted by atomic mass is 9.73. The second-order valence-electron chi connectivity index (χ2n) is 7.36. The summed E-state index contributed by atoms with van der Waals surface area (Å²) < 4.78 is 11.1. The van der Waals surface area contributed by atoms with Crippen molar-refractivity contribution in [2.24, 2.45) is 5.41 Å². The van der Waals surface area contributed by atoms with Gasteiger partial charge >= 0.3 is 6.09 Å². The van der Waals surface area contributed by atoms with Gasteiger partial charge in [0.05, 0.1) is 25.0 Å². The van der Waals surface area contributed by atoms with Gasteiger partial charge in [-0.3, -0.25) is 4.98 Å². The molecule has 138 valence electrons. The number of carbonyl (C=O) groups excluding carboxylic acids is 1. The van der Waals surface area contributed by atoms with Crippen molar-refractivity contribution < 1.29 is 14.3 Å². The van der Waals surface area contributed by atoms with Crippen molar-refractivity contribution in [2.75, 3.05) is 31.1 Å². The third-order valence-electron chi connectivity index (χ3n) is 5.14. The molecule has 25 heavy (non-hydrogen) atoms. The average molecular weight is 348 g/mol. The summed E-state index contributed by atoms with van der Waals surface area (Å²) >= 11 is 0. The highest BCUT2D eigenvalue weighted by molar-refractivity contribution is 5.67. The van der Waals surface area contributed by atoms with E-state index in [9.17, 15) is 4.79 Å². The average Bonchev–Trinajstić information content (AvgIpc) is 2.62. The molecule has 1 unspecified atom stereocenters. The molecular weight excluding hydrogens is 320 g/mol. The Bertz CT molecular complexity index is 549. The molecular formula is C18H28N4O3. The lowest BCUT2D eigenvalue weighted by molar-refractivity contribution is -0.0705. The van der Waals surface area contributed by atoms with Crippen molar-refractivity contribution in [2.45, 2.75) is 51.7 Å². The molecule has 0 bridgehead atoms. The van der Waals surface area contributed by atoms with E-state index in [1.165, 1.54) is 0 Å². The minimum atomic E-state index is -0.365. The van der Waals surface area contributed by atoms with Gasteiger partial charge in [0, 0.05) is 32.0 Å². The summed E-state index contributed by atoms with van der Waals surface area (Å²) in [5, 5.41) is 2.79. The molecule has 0 saturated carbocycles. The van der Waals surface area contributed by atoms with Crippen LogP contribution in [0.2, 0.25) is 0 Å². The molecule has 7 heteroatoms. The molecule has 0 aromatic carbocycles. The first kappa shape index (κ1) is 17.9. The molecule has 2 aliphatic heterocycles. The first-order valence-electron chi connectivity index (χ1n) is 9.13. The first-order chi connectivity index (χ1) is 12.1. The number of anilines is 1. The van der Waals surface area contributed by atoms with Gasteiger partial charge in [-0.15, -0.1) is 0 Å². The van der Waals surface area contributed by atoms with E-state index in [2.05, 4.69) is 20.2 Å². The lowest BCUT2D eigenvalue weighted by Crippen LogP contribution is -2.48. The van der Waals surface area contributed by atoms with Crippen LogP contribution in [-0.2, 0) is 9.47 Å². The van der Waals surface area contributed by atoms with Gasteiger partial charge in [0.25, 0.3) is 0 Å². The zero-order valence-corrected chi connectivity index (χ0v) is 15.1. The molecule has 2 saturated heterocycles. The standard InChI is InChI=1S/C18H28N4O3/c1-14(2)25-17(23)21-11-15-3-4-18(13-24-15)5-9-22(10-6-18)16-12-19-7-8-20-16/h7-8,12,14-15H,3-6,9-11,13H2,1-2H3,(H,21,23). The second kappa shape index (κ2) is 7.99. The van der Waals surface area contributed by atoms with Gasteiger partial charge in [-0.1, -0.05) is 0 Å². The summed E-state index contributed by atoms with van der Waals surface area (Å²) in [6.45, 7) is 6.96. The van der Waals surface area contributed by atoms with Crippen LogP contribution in [0.15, 0.2) is 18.6 Å². The number of nitrogens with one attached hydrogen (secondary N) is 1. The van der Waals surface area contributed by atoms with Crippen molar-refractivity contribution in [3.63, 3.8) is 0 Å². The summed E-state index contributed by atoms with van der Waals surface area (Å²) in [5.74, 6) is 0.958. The van der Waals surface area contributed by atoms with Crippen molar-refractivity contribution in [1.29, 1.82) is 0 Å². The van der Waals surface area contributed by atoms with Crippen LogP contribution >= 0.6 is 0 Å². The Labute approximate surface area is 149 Å². The Balaban J connectivity index is 1.41. The maximum Gasteiger partial charge on any atom is 0.407 e. The Kier molecular flexibility index (Phi) is 5.73. The SMILES string of the molecule is CC(C)OC(=O)NCC1CCC2(CCN(c3cnccn3)CC2)CO1. The van der Waals surface area contributed by atoms with Crippen LogP contribution in [0.5, 0.6) is 0 Å². The number of alkyl carbamates (subject to hydrolysis) is 1. The van der Waals surface area contributed by atoms with E-state index in [-0.39, 0.29) is 23.7 Å². The fourth-order valence-corrected chi connectivity index (χ4v) is 3.59. The van der Waals surface area contributed by atoms with Crippen molar-refractivity contribution in [1.82, 2.24) is 15.3 Å².